The van der Waals surface area contributed by atoms with Crippen LogP contribution in [0.25, 0.3) is 11.3 Å². The SMILES string of the molecule is CC[C@@H](CC#N)OC(=O)N[C@@H](C)c1cccc(NC(=O)Nc2ccc(-c3ccc[nH]3)c(OC)c2)c1. The van der Waals surface area contributed by atoms with Gasteiger partial charge in [-0.2, -0.15) is 5.26 Å². The number of nitrogens with one attached hydrogen (secondary N) is 4. The van der Waals surface area contributed by atoms with Crippen molar-refractivity contribution in [3.8, 4) is 23.1 Å². The summed E-state index contributed by atoms with van der Waals surface area (Å²) in [5.41, 5.74) is 3.72. The van der Waals surface area contributed by atoms with Crippen molar-refractivity contribution in [2.24, 2.45) is 0 Å². The molecule has 0 aliphatic rings. The molecule has 182 valence electrons. The zero-order chi connectivity index (χ0) is 25.2. The highest BCUT2D eigenvalue weighted by Gasteiger charge is 2.16. The average molecular weight is 476 g/mol. The molecule has 0 bridgehead atoms. The van der Waals surface area contributed by atoms with E-state index in [-0.39, 0.29) is 12.5 Å². The first kappa shape index (κ1) is 25.2. The molecule has 2 atom stereocenters. The number of anilines is 2. The van der Waals surface area contributed by atoms with Crippen LogP contribution in [-0.2, 0) is 4.74 Å². The van der Waals surface area contributed by atoms with Crippen LogP contribution in [0.15, 0.2) is 60.8 Å². The maximum absolute atomic E-state index is 12.6. The number of rotatable bonds is 9. The summed E-state index contributed by atoms with van der Waals surface area (Å²) in [7, 11) is 1.58. The molecule has 0 radical (unpaired) electrons. The number of ether oxygens (including phenoxy) is 2. The number of aromatic nitrogens is 1. The quantitative estimate of drug-likeness (QED) is 0.310. The number of benzene rings is 2. The number of aromatic amines is 1. The summed E-state index contributed by atoms with van der Waals surface area (Å²) in [5, 5.41) is 17.2. The van der Waals surface area contributed by atoms with E-state index in [0.29, 0.717) is 23.5 Å². The zero-order valence-corrected chi connectivity index (χ0v) is 19.9. The number of amides is 3. The Balaban J connectivity index is 1.60. The molecule has 35 heavy (non-hydrogen) atoms. The number of carbonyl (C=O) groups excluding carboxylic acids is 2. The Hall–Kier alpha value is -4.45. The Bertz CT molecular complexity index is 1190. The van der Waals surface area contributed by atoms with E-state index < -0.39 is 18.2 Å². The van der Waals surface area contributed by atoms with Gasteiger partial charge >= 0.3 is 12.1 Å². The lowest BCUT2D eigenvalue weighted by Gasteiger charge is -2.18. The van der Waals surface area contributed by atoms with Crippen LogP contribution in [-0.4, -0.2) is 30.3 Å². The van der Waals surface area contributed by atoms with Crippen LogP contribution in [0, 0.1) is 11.3 Å². The van der Waals surface area contributed by atoms with Crippen molar-refractivity contribution >= 4 is 23.5 Å². The van der Waals surface area contributed by atoms with Gasteiger partial charge in [-0.1, -0.05) is 19.1 Å². The molecule has 9 nitrogen and oxygen atoms in total. The molecular formula is C26H29N5O4. The van der Waals surface area contributed by atoms with E-state index in [1.54, 1.807) is 37.4 Å². The van der Waals surface area contributed by atoms with Gasteiger partial charge < -0.3 is 30.4 Å². The molecule has 3 rings (SSSR count). The van der Waals surface area contributed by atoms with Gasteiger partial charge in [0.15, 0.2) is 0 Å². The van der Waals surface area contributed by atoms with Crippen molar-refractivity contribution in [1.29, 1.82) is 5.26 Å². The number of urea groups is 1. The van der Waals surface area contributed by atoms with Crippen LogP contribution < -0.4 is 20.7 Å². The Kier molecular flexibility index (Phi) is 8.73. The third-order valence-corrected chi connectivity index (χ3v) is 5.37. The highest BCUT2D eigenvalue weighted by molar-refractivity contribution is 6.00. The molecule has 0 fully saturated rings. The molecular weight excluding hydrogens is 446 g/mol. The standard InChI is InChI=1S/C26H29N5O4/c1-4-21(12-13-27)35-26(33)29-17(2)18-7-5-8-19(15-18)30-25(32)31-20-10-11-22(24(16-20)34-3)23-9-6-14-28-23/h5-11,14-17,21,28H,4,12H2,1-3H3,(H,29,33)(H2,30,31,32)/t17-,21-/m0/s1. The molecule has 0 spiro atoms. The van der Waals surface area contributed by atoms with Crippen molar-refractivity contribution in [2.45, 2.75) is 38.8 Å². The monoisotopic (exact) mass is 475 g/mol. The molecule has 1 heterocycles. The first-order valence-electron chi connectivity index (χ1n) is 11.3. The molecule has 0 aliphatic heterocycles. The molecule has 0 saturated carbocycles. The minimum absolute atomic E-state index is 0.146. The number of carbonyl (C=O) groups is 2. The predicted molar refractivity (Wildman–Crippen MR) is 134 cm³/mol. The number of hydrogen-bond acceptors (Lipinski definition) is 5. The zero-order valence-electron chi connectivity index (χ0n) is 19.9. The van der Waals surface area contributed by atoms with Gasteiger partial charge in [0.05, 0.1) is 25.6 Å². The van der Waals surface area contributed by atoms with Gasteiger partial charge in [0.2, 0.25) is 0 Å². The topological polar surface area (TPSA) is 128 Å². The third-order valence-electron chi connectivity index (χ3n) is 5.37. The summed E-state index contributed by atoms with van der Waals surface area (Å²) >= 11 is 0. The fraction of sp³-hybridized carbons (Fsp3) is 0.269. The average Bonchev–Trinajstić information content (AvgIpc) is 3.38. The van der Waals surface area contributed by atoms with E-state index in [2.05, 4.69) is 20.9 Å². The Morgan fingerprint density at radius 1 is 1.09 bits per heavy atom. The maximum Gasteiger partial charge on any atom is 0.407 e. The smallest absolute Gasteiger partial charge is 0.407 e. The Labute approximate surface area is 204 Å². The molecule has 2 aromatic carbocycles. The first-order chi connectivity index (χ1) is 16.9. The van der Waals surface area contributed by atoms with Crippen LogP contribution in [0.5, 0.6) is 5.75 Å². The van der Waals surface area contributed by atoms with Crippen LogP contribution in [0.2, 0.25) is 0 Å². The summed E-state index contributed by atoms with van der Waals surface area (Å²) in [5.74, 6) is 0.624. The van der Waals surface area contributed by atoms with Gasteiger partial charge in [-0.25, -0.2) is 9.59 Å². The highest BCUT2D eigenvalue weighted by Crippen LogP contribution is 2.31. The number of nitriles is 1. The number of nitrogens with zero attached hydrogens (tertiary/aromatic N) is 1. The molecule has 3 aromatic rings. The largest absolute Gasteiger partial charge is 0.496 e. The van der Waals surface area contributed by atoms with Crippen LogP contribution in [0.3, 0.4) is 0 Å². The van der Waals surface area contributed by atoms with E-state index in [1.807, 2.05) is 50.4 Å². The molecule has 3 amide bonds. The molecule has 0 unspecified atom stereocenters. The van der Waals surface area contributed by atoms with E-state index in [0.717, 1.165) is 16.8 Å². The second-order valence-electron chi connectivity index (χ2n) is 7.87. The molecule has 1 aromatic heterocycles. The first-order valence-corrected chi connectivity index (χ1v) is 11.3. The van der Waals surface area contributed by atoms with E-state index in [4.69, 9.17) is 14.7 Å². The number of methoxy groups -OCH3 is 1. The van der Waals surface area contributed by atoms with Gasteiger partial charge in [0.25, 0.3) is 0 Å². The van der Waals surface area contributed by atoms with Crippen molar-refractivity contribution in [3.05, 3.63) is 66.4 Å². The van der Waals surface area contributed by atoms with Crippen LogP contribution in [0.1, 0.15) is 38.3 Å². The van der Waals surface area contributed by atoms with E-state index in [1.165, 1.54) is 0 Å². The van der Waals surface area contributed by atoms with Crippen molar-refractivity contribution in [1.82, 2.24) is 10.3 Å². The Morgan fingerprint density at radius 2 is 1.86 bits per heavy atom. The maximum atomic E-state index is 12.6. The van der Waals surface area contributed by atoms with Crippen LogP contribution >= 0.6 is 0 Å². The lowest BCUT2D eigenvalue weighted by molar-refractivity contribution is 0.0950. The predicted octanol–water partition coefficient (Wildman–Crippen LogP) is 5.81. The summed E-state index contributed by atoms with van der Waals surface area (Å²) in [6.07, 6.45) is 1.50. The highest BCUT2D eigenvalue weighted by atomic mass is 16.6. The number of H-pyrrole nitrogens is 1. The molecule has 0 saturated heterocycles. The third kappa shape index (κ3) is 7.01. The van der Waals surface area contributed by atoms with Crippen molar-refractivity contribution in [3.63, 3.8) is 0 Å². The van der Waals surface area contributed by atoms with E-state index in [9.17, 15) is 9.59 Å². The molecule has 4 N–H and O–H groups in total. The minimum Gasteiger partial charge on any atom is -0.496 e. The second-order valence-corrected chi connectivity index (χ2v) is 7.87. The summed E-state index contributed by atoms with van der Waals surface area (Å²) < 4.78 is 10.8. The Morgan fingerprint density at radius 3 is 2.51 bits per heavy atom. The lowest BCUT2D eigenvalue weighted by atomic mass is 10.1. The fourth-order valence-electron chi connectivity index (χ4n) is 3.49. The lowest BCUT2D eigenvalue weighted by Crippen LogP contribution is -2.31. The second kappa shape index (κ2) is 12.1. The van der Waals surface area contributed by atoms with Crippen molar-refractivity contribution < 1.29 is 19.1 Å². The minimum atomic E-state index is -0.590. The number of hydrogen-bond donors (Lipinski definition) is 4. The molecule has 9 heteroatoms. The summed E-state index contributed by atoms with van der Waals surface area (Å²) in [4.78, 5) is 27.9. The van der Waals surface area contributed by atoms with Gasteiger partial charge in [0, 0.05) is 34.9 Å². The number of alkyl carbamates (subject to hydrolysis) is 1. The van der Waals surface area contributed by atoms with E-state index >= 15 is 0 Å². The van der Waals surface area contributed by atoms with Gasteiger partial charge in [-0.3, -0.25) is 0 Å². The van der Waals surface area contributed by atoms with Gasteiger partial charge in [-0.05, 0) is 55.3 Å². The fourth-order valence-corrected chi connectivity index (χ4v) is 3.49. The van der Waals surface area contributed by atoms with Crippen LogP contribution in [0.4, 0.5) is 21.0 Å². The normalized spacial score (nSPS) is 12.1. The van der Waals surface area contributed by atoms with Gasteiger partial charge in [-0.15, -0.1) is 0 Å². The van der Waals surface area contributed by atoms with Gasteiger partial charge in [0.1, 0.15) is 11.9 Å². The van der Waals surface area contributed by atoms with Crippen molar-refractivity contribution in [2.75, 3.05) is 17.7 Å². The summed E-state index contributed by atoms with van der Waals surface area (Å²) in [6.45, 7) is 3.66. The summed E-state index contributed by atoms with van der Waals surface area (Å²) in [6, 6.07) is 17.6. The molecule has 0 aliphatic carbocycles.